The van der Waals surface area contributed by atoms with Crippen LogP contribution in [0.15, 0.2) is 24.8 Å². The minimum Gasteiger partial charge on any atom is -0.339 e. The van der Waals surface area contributed by atoms with Crippen LogP contribution in [-0.2, 0) is 0 Å². The topological polar surface area (TPSA) is 62.5 Å². The first-order valence-electron chi connectivity index (χ1n) is 6.52. The molecule has 19 heavy (non-hydrogen) atoms. The van der Waals surface area contributed by atoms with Crippen LogP contribution in [0.3, 0.4) is 0 Å². The van der Waals surface area contributed by atoms with Gasteiger partial charge in [0, 0.05) is 25.5 Å². The standard InChI is InChI=1S/C13H17N5O/c1-17(10-2-4-14-5-3-10)13(19)11-8-16-18-7-6-15-9-12(11)18/h6-10,14H,2-5H2,1H3. The molecule has 0 aromatic carbocycles. The van der Waals surface area contributed by atoms with E-state index in [9.17, 15) is 4.79 Å². The van der Waals surface area contributed by atoms with Gasteiger partial charge >= 0.3 is 0 Å². The molecule has 1 N–H and O–H groups in total. The Kier molecular flexibility index (Phi) is 3.16. The maximum absolute atomic E-state index is 12.5. The van der Waals surface area contributed by atoms with Crippen LogP contribution in [0.1, 0.15) is 23.2 Å². The number of carbonyl (C=O) groups excluding carboxylic acids is 1. The smallest absolute Gasteiger partial charge is 0.257 e. The number of aromatic nitrogens is 3. The summed E-state index contributed by atoms with van der Waals surface area (Å²) in [7, 11) is 1.87. The Morgan fingerprint density at radius 1 is 1.42 bits per heavy atom. The first kappa shape index (κ1) is 12.1. The molecule has 0 atom stereocenters. The fourth-order valence-electron chi connectivity index (χ4n) is 2.55. The first-order valence-corrected chi connectivity index (χ1v) is 6.52. The average Bonchev–Trinajstić information content (AvgIpc) is 2.90. The molecule has 1 amide bonds. The van der Waals surface area contributed by atoms with E-state index in [2.05, 4.69) is 15.4 Å². The summed E-state index contributed by atoms with van der Waals surface area (Å²) < 4.78 is 1.68. The molecule has 6 heteroatoms. The van der Waals surface area contributed by atoms with Crippen molar-refractivity contribution in [2.75, 3.05) is 20.1 Å². The second-order valence-electron chi connectivity index (χ2n) is 4.86. The van der Waals surface area contributed by atoms with Crippen LogP contribution in [0, 0.1) is 0 Å². The zero-order chi connectivity index (χ0) is 13.2. The van der Waals surface area contributed by atoms with Crippen LogP contribution in [0.2, 0.25) is 0 Å². The van der Waals surface area contributed by atoms with E-state index in [-0.39, 0.29) is 5.91 Å². The molecule has 1 saturated heterocycles. The summed E-state index contributed by atoms with van der Waals surface area (Å²) in [5.74, 6) is 0.0231. The lowest BCUT2D eigenvalue weighted by atomic mass is 10.0. The van der Waals surface area contributed by atoms with Crippen LogP contribution in [-0.4, -0.2) is 51.6 Å². The number of fused-ring (bicyclic) bond motifs is 1. The summed E-state index contributed by atoms with van der Waals surface area (Å²) in [5, 5.41) is 7.49. The maximum Gasteiger partial charge on any atom is 0.257 e. The van der Waals surface area contributed by atoms with Crippen molar-refractivity contribution in [1.29, 1.82) is 0 Å². The maximum atomic E-state index is 12.5. The van der Waals surface area contributed by atoms with Crippen molar-refractivity contribution < 1.29 is 4.79 Å². The average molecular weight is 259 g/mol. The number of nitrogens with one attached hydrogen (secondary N) is 1. The van der Waals surface area contributed by atoms with Crippen molar-refractivity contribution in [2.45, 2.75) is 18.9 Å². The van der Waals surface area contributed by atoms with E-state index in [0.717, 1.165) is 31.4 Å². The number of hydrogen-bond donors (Lipinski definition) is 1. The van der Waals surface area contributed by atoms with Gasteiger partial charge in [-0.05, 0) is 25.9 Å². The Balaban J connectivity index is 1.86. The molecule has 100 valence electrons. The van der Waals surface area contributed by atoms with Gasteiger partial charge in [-0.15, -0.1) is 0 Å². The van der Waals surface area contributed by atoms with Gasteiger partial charge in [0.05, 0.1) is 23.5 Å². The predicted octanol–water partition coefficient (Wildman–Crippen LogP) is 0.553. The highest BCUT2D eigenvalue weighted by molar-refractivity contribution is 6.00. The van der Waals surface area contributed by atoms with Crippen molar-refractivity contribution in [3.05, 3.63) is 30.4 Å². The van der Waals surface area contributed by atoms with E-state index in [4.69, 9.17) is 0 Å². The minimum absolute atomic E-state index is 0.0231. The van der Waals surface area contributed by atoms with E-state index in [1.807, 2.05) is 11.9 Å². The van der Waals surface area contributed by atoms with Crippen molar-refractivity contribution >= 4 is 11.4 Å². The molecule has 3 heterocycles. The Hall–Kier alpha value is -1.95. The molecular formula is C13H17N5O. The van der Waals surface area contributed by atoms with Gasteiger partial charge in [0.1, 0.15) is 0 Å². The summed E-state index contributed by atoms with van der Waals surface area (Å²) in [6, 6.07) is 0.306. The summed E-state index contributed by atoms with van der Waals surface area (Å²) in [6.07, 6.45) is 8.70. The molecule has 0 bridgehead atoms. The molecule has 0 radical (unpaired) electrons. The molecule has 1 aliphatic heterocycles. The summed E-state index contributed by atoms with van der Waals surface area (Å²) in [4.78, 5) is 18.4. The fourth-order valence-corrected chi connectivity index (χ4v) is 2.55. The van der Waals surface area contributed by atoms with Crippen LogP contribution in [0.4, 0.5) is 0 Å². The lowest BCUT2D eigenvalue weighted by molar-refractivity contribution is 0.0705. The third-order valence-electron chi connectivity index (χ3n) is 3.73. The van der Waals surface area contributed by atoms with Crippen LogP contribution < -0.4 is 5.32 Å². The van der Waals surface area contributed by atoms with Crippen LogP contribution in [0.5, 0.6) is 0 Å². The minimum atomic E-state index is 0.0231. The number of hydrogen-bond acceptors (Lipinski definition) is 4. The van der Waals surface area contributed by atoms with Crippen LogP contribution >= 0.6 is 0 Å². The van der Waals surface area contributed by atoms with Gasteiger partial charge in [-0.1, -0.05) is 0 Å². The van der Waals surface area contributed by atoms with Gasteiger partial charge in [0.2, 0.25) is 0 Å². The zero-order valence-electron chi connectivity index (χ0n) is 10.9. The molecule has 3 rings (SSSR count). The number of piperidine rings is 1. The molecular weight excluding hydrogens is 242 g/mol. The molecule has 6 nitrogen and oxygen atoms in total. The highest BCUT2D eigenvalue weighted by Crippen LogP contribution is 2.16. The highest BCUT2D eigenvalue weighted by atomic mass is 16.2. The Labute approximate surface area is 111 Å². The van der Waals surface area contributed by atoms with E-state index in [1.165, 1.54) is 0 Å². The van der Waals surface area contributed by atoms with Crippen molar-refractivity contribution in [1.82, 2.24) is 24.8 Å². The van der Waals surface area contributed by atoms with E-state index < -0.39 is 0 Å². The zero-order valence-corrected chi connectivity index (χ0v) is 10.9. The van der Waals surface area contributed by atoms with Crippen molar-refractivity contribution in [3.63, 3.8) is 0 Å². The molecule has 1 fully saturated rings. The lowest BCUT2D eigenvalue weighted by Gasteiger charge is -2.31. The van der Waals surface area contributed by atoms with E-state index in [1.54, 1.807) is 29.3 Å². The molecule has 1 aliphatic rings. The number of carbonyl (C=O) groups is 1. The lowest BCUT2D eigenvalue weighted by Crippen LogP contribution is -2.43. The third kappa shape index (κ3) is 2.19. The molecule has 2 aromatic rings. The van der Waals surface area contributed by atoms with Gasteiger partial charge in [-0.25, -0.2) is 4.52 Å². The monoisotopic (exact) mass is 259 g/mol. The molecule has 2 aromatic heterocycles. The van der Waals surface area contributed by atoms with E-state index >= 15 is 0 Å². The largest absolute Gasteiger partial charge is 0.339 e. The second-order valence-corrected chi connectivity index (χ2v) is 4.86. The van der Waals surface area contributed by atoms with Gasteiger partial charge in [0.25, 0.3) is 5.91 Å². The van der Waals surface area contributed by atoms with Crippen molar-refractivity contribution in [2.24, 2.45) is 0 Å². The SMILES string of the molecule is CN(C(=O)c1cnn2ccncc12)C1CCNCC1. The summed E-state index contributed by atoms with van der Waals surface area (Å²) in [6.45, 7) is 1.94. The van der Waals surface area contributed by atoms with Gasteiger partial charge < -0.3 is 10.2 Å². The number of nitrogens with zero attached hydrogens (tertiary/aromatic N) is 4. The Bertz CT molecular complexity index is 587. The molecule has 0 saturated carbocycles. The highest BCUT2D eigenvalue weighted by Gasteiger charge is 2.24. The summed E-state index contributed by atoms with van der Waals surface area (Å²) in [5.41, 5.74) is 1.38. The Morgan fingerprint density at radius 2 is 2.21 bits per heavy atom. The fraction of sp³-hybridized carbons (Fsp3) is 0.462. The summed E-state index contributed by atoms with van der Waals surface area (Å²) >= 11 is 0. The van der Waals surface area contributed by atoms with Gasteiger partial charge in [0.15, 0.2) is 0 Å². The first-order chi connectivity index (χ1) is 9.27. The molecule has 0 aliphatic carbocycles. The van der Waals surface area contributed by atoms with Gasteiger partial charge in [-0.2, -0.15) is 5.10 Å². The quantitative estimate of drug-likeness (QED) is 0.855. The second kappa shape index (κ2) is 4.97. The third-order valence-corrected chi connectivity index (χ3v) is 3.73. The Morgan fingerprint density at radius 3 is 3.00 bits per heavy atom. The molecule has 0 unspecified atom stereocenters. The van der Waals surface area contributed by atoms with Gasteiger partial charge in [-0.3, -0.25) is 9.78 Å². The van der Waals surface area contributed by atoms with Crippen LogP contribution in [0.25, 0.3) is 5.52 Å². The predicted molar refractivity (Wildman–Crippen MR) is 71.0 cm³/mol. The number of rotatable bonds is 2. The molecule has 0 spiro atoms. The number of amides is 1. The normalized spacial score (nSPS) is 16.7. The van der Waals surface area contributed by atoms with E-state index in [0.29, 0.717) is 11.6 Å². The van der Waals surface area contributed by atoms with Crippen molar-refractivity contribution in [3.8, 4) is 0 Å².